The van der Waals surface area contributed by atoms with Crippen LogP contribution in [0.1, 0.15) is 37.9 Å². The summed E-state index contributed by atoms with van der Waals surface area (Å²) in [6.45, 7) is 1.75. The molecule has 1 saturated carbocycles. The van der Waals surface area contributed by atoms with Crippen LogP contribution in [0.5, 0.6) is 5.75 Å². The predicted molar refractivity (Wildman–Crippen MR) is 68.3 cm³/mol. The van der Waals surface area contributed by atoms with Crippen molar-refractivity contribution in [2.24, 2.45) is 0 Å². The zero-order valence-corrected chi connectivity index (χ0v) is 10.9. The van der Waals surface area contributed by atoms with Crippen LogP contribution in [0.25, 0.3) is 0 Å². The molecule has 1 aliphatic rings. The highest BCUT2D eigenvalue weighted by Crippen LogP contribution is 2.26. The molecule has 0 aliphatic heterocycles. The summed E-state index contributed by atoms with van der Waals surface area (Å²) in [5.74, 6) is -0.200. The van der Waals surface area contributed by atoms with Crippen molar-refractivity contribution in [1.29, 1.82) is 0 Å². The average Bonchev–Trinajstić information content (AvgIpc) is 3.12. The monoisotopic (exact) mass is 267 g/mol. The molecule has 5 heteroatoms. The topological polar surface area (TPSA) is 58.6 Å². The number of nitrogens with one attached hydrogen (secondary N) is 1. The van der Waals surface area contributed by atoms with Gasteiger partial charge in [0.1, 0.15) is 11.6 Å². The molecule has 1 aliphatic carbocycles. The summed E-state index contributed by atoms with van der Waals surface area (Å²) in [6, 6.07) is 4.31. The summed E-state index contributed by atoms with van der Waals surface area (Å²) >= 11 is 0. The van der Waals surface area contributed by atoms with Crippen molar-refractivity contribution in [1.82, 2.24) is 5.32 Å². The molecule has 104 valence electrons. The van der Waals surface area contributed by atoms with Gasteiger partial charge in [-0.1, -0.05) is 0 Å². The van der Waals surface area contributed by atoms with E-state index in [1.54, 1.807) is 6.92 Å². The smallest absolute Gasteiger partial charge is 0.223 e. The molecule has 0 saturated heterocycles. The zero-order chi connectivity index (χ0) is 13.8. The summed E-state index contributed by atoms with van der Waals surface area (Å²) in [5, 5.41) is 12.4. The number of carbonyl (C=O) groups is 1. The van der Waals surface area contributed by atoms with Gasteiger partial charge in [0, 0.05) is 17.7 Å². The molecule has 1 amide bonds. The Hall–Kier alpha value is -1.62. The van der Waals surface area contributed by atoms with Crippen LogP contribution in [0.3, 0.4) is 0 Å². The number of aliphatic hydroxyl groups is 1. The Bertz CT molecular complexity index is 458. The van der Waals surface area contributed by atoms with E-state index < -0.39 is 11.9 Å². The number of halogens is 1. The lowest BCUT2D eigenvalue weighted by Gasteiger charge is -2.13. The second-order valence-electron chi connectivity index (χ2n) is 4.80. The predicted octanol–water partition coefficient (Wildman–Crippen LogP) is 1.93. The molecular formula is C14H18FNO3. The molecule has 0 radical (unpaired) electrons. The fourth-order valence-corrected chi connectivity index (χ4v) is 1.76. The first-order valence-electron chi connectivity index (χ1n) is 6.46. The second kappa shape index (κ2) is 6.02. The van der Waals surface area contributed by atoms with Crippen molar-refractivity contribution in [3.63, 3.8) is 0 Å². The first-order chi connectivity index (χ1) is 9.06. The molecule has 19 heavy (non-hydrogen) atoms. The highest BCUT2D eigenvalue weighted by atomic mass is 19.1. The SMILES string of the molecule is C[C@H](O)c1ccc(F)cc1OCCC(=O)NC1CC1. The summed E-state index contributed by atoms with van der Waals surface area (Å²) in [7, 11) is 0. The molecular weight excluding hydrogens is 249 g/mol. The number of hydrogen-bond acceptors (Lipinski definition) is 3. The minimum absolute atomic E-state index is 0.0579. The number of carbonyl (C=O) groups excluding carboxylic acids is 1. The van der Waals surface area contributed by atoms with Crippen LogP contribution < -0.4 is 10.1 Å². The zero-order valence-electron chi connectivity index (χ0n) is 10.9. The molecule has 0 unspecified atom stereocenters. The van der Waals surface area contributed by atoms with Crippen LogP contribution in [0.2, 0.25) is 0 Å². The maximum atomic E-state index is 13.1. The Balaban J connectivity index is 1.87. The number of benzene rings is 1. The lowest BCUT2D eigenvalue weighted by atomic mass is 10.1. The maximum absolute atomic E-state index is 13.1. The number of aliphatic hydroxyl groups excluding tert-OH is 1. The average molecular weight is 267 g/mol. The van der Waals surface area contributed by atoms with Gasteiger partial charge in [0.05, 0.1) is 19.1 Å². The third-order valence-corrected chi connectivity index (χ3v) is 2.95. The van der Waals surface area contributed by atoms with Gasteiger partial charge in [-0.2, -0.15) is 0 Å². The maximum Gasteiger partial charge on any atom is 0.223 e. The fourth-order valence-electron chi connectivity index (χ4n) is 1.76. The van der Waals surface area contributed by atoms with E-state index in [2.05, 4.69) is 5.32 Å². The molecule has 1 aromatic rings. The fraction of sp³-hybridized carbons (Fsp3) is 0.500. The second-order valence-corrected chi connectivity index (χ2v) is 4.80. The standard InChI is InChI=1S/C14H18FNO3/c1-9(17)12-5-2-10(15)8-13(12)19-7-6-14(18)16-11-3-4-11/h2,5,8-9,11,17H,3-4,6-7H2,1H3,(H,16,18)/t9-/m0/s1. The van der Waals surface area contributed by atoms with Crippen LogP contribution >= 0.6 is 0 Å². The van der Waals surface area contributed by atoms with Crippen molar-refractivity contribution in [3.05, 3.63) is 29.6 Å². The van der Waals surface area contributed by atoms with Crippen LogP contribution in [0.15, 0.2) is 18.2 Å². The van der Waals surface area contributed by atoms with Crippen molar-refractivity contribution in [2.45, 2.75) is 38.3 Å². The minimum Gasteiger partial charge on any atom is -0.493 e. The van der Waals surface area contributed by atoms with Gasteiger partial charge in [-0.3, -0.25) is 4.79 Å². The summed E-state index contributed by atoms with van der Waals surface area (Å²) in [5.41, 5.74) is 0.518. The number of amides is 1. The van der Waals surface area contributed by atoms with Crippen molar-refractivity contribution < 1.29 is 19.0 Å². The molecule has 0 heterocycles. The molecule has 1 aromatic carbocycles. The molecule has 1 fully saturated rings. The highest BCUT2D eigenvalue weighted by molar-refractivity contribution is 5.76. The Kier molecular flexibility index (Phi) is 4.37. The van der Waals surface area contributed by atoms with E-state index in [-0.39, 0.29) is 24.7 Å². The van der Waals surface area contributed by atoms with Gasteiger partial charge in [-0.25, -0.2) is 4.39 Å². The van der Waals surface area contributed by atoms with E-state index in [9.17, 15) is 14.3 Å². The highest BCUT2D eigenvalue weighted by Gasteiger charge is 2.23. The quantitative estimate of drug-likeness (QED) is 0.828. The molecule has 4 nitrogen and oxygen atoms in total. The largest absolute Gasteiger partial charge is 0.493 e. The van der Waals surface area contributed by atoms with Gasteiger partial charge >= 0.3 is 0 Å². The number of hydrogen-bond donors (Lipinski definition) is 2. The first-order valence-corrected chi connectivity index (χ1v) is 6.46. The van der Waals surface area contributed by atoms with E-state index >= 15 is 0 Å². The summed E-state index contributed by atoms with van der Waals surface area (Å²) in [4.78, 5) is 11.5. The van der Waals surface area contributed by atoms with Crippen LogP contribution in [-0.4, -0.2) is 23.7 Å². The molecule has 2 rings (SSSR count). The van der Waals surface area contributed by atoms with Crippen molar-refractivity contribution >= 4 is 5.91 Å². The third kappa shape index (κ3) is 4.21. The first kappa shape index (κ1) is 13.8. The van der Waals surface area contributed by atoms with Crippen LogP contribution in [-0.2, 0) is 4.79 Å². The molecule has 0 spiro atoms. The molecule has 0 bridgehead atoms. The van der Waals surface area contributed by atoms with Crippen molar-refractivity contribution in [2.75, 3.05) is 6.61 Å². The van der Waals surface area contributed by atoms with E-state index in [1.165, 1.54) is 18.2 Å². The lowest BCUT2D eigenvalue weighted by Crippen LogP contribution is -2.26. The third-order valence-electron chi connectivity index (χ3n) is 2.95. The molecule has 2 N–H and O–H groups in total. The van der Waals surface area contributed by atoms with Crippen LogP contribution in [0.4, 0.5) is 4.39 Å². The number of rotatable bonds is 6. The minimum atomic E-state index is -0.740. The Labute approximate surface area is 111 Å². The van der Waals surface area contributed by atoms with Gasteiger partial charge in [0.25, 0.3) is 0 Å². The van der Waals surface area contributed by atoms with Gasteiger partial charge in [-0.15, -0.1) is 0 Å². The van der Waals surface area contributed by atoms with Crippen LogP contribution in [0, 0.1) is 5.82 Å². The Morgan fingerprint density at radius 3 is 2.95 bits per heavy atom. The van der Waals surface area contributed by atoms with E-state index in [4.69, 9.17) is 4.74 Å². The molecule has 0 aromatic heterocycles. The van der Waals surface area contributed by atoms with Gasteiger partial charge < -0.3 is 15.2 Å². The van der Waals surface area contributed by atoms with Gasteiger partial charge in [-0.05, 0) is 31.9 Å². The summed E-state index contributed by atoms with van der Waals surface area (Å²) in [6.07, 6.45) is 1.58. The van der Waals surface area contributed by atoms with E-state index in [0.29, 0.717) is 11.6 Å². The Morgan fingerprint density at radius 1 is 1.58 bits per heavy atom. The van der Waals surface area contributed by atoms with Gasteiger partial charge in [0.2, 0.25) is 5.91 Å². The van der Waals surface area contributed by atoms with E-state index in [1.807, 2.05) is 0 Å². The Morgan fingerprint density at radius 2 is 2.32 bits per heavy atom. The number of ether oxygens (including phenoxy) is 1. The van der Waals surface area contributed by atoms with E-state index in [0.717, 1.165) is 12.8 Å². The summed E-state index contributed by atoms with van der Waals surface area (Å²) < 4.78 is 18.5. The lowest BCUT2D eigenvalue weighted by molar-refractivity contribution is -0.121. The van der Waals surface area contributed by atoms with Crippen molar-refractivity contribution in [3.8, 4) is 5.75 Å². The molecule has 1 atom stereocenters. The normalized spacial score (nSPS) is 15.9. The van der Waals surface area contributed by atoms with Gasteiger partial charge in [0.15, 0.2) is 0 Å².